The zero-order chi connectivity index (χ0) is 17.6. The Labute approximate surface area is 156 Å². The number of benzene rings is 2. The minimum Gasteiger partial charge on any atom is -0.371 e. The Balaban J connectivity index is 1.49. The topological polar surface area (TPSA) is 27.3 Å². The molecule has 1 aliphatic heterocycles. The second-order valence-electron chi connectivity index (χ2n) is 7.03. The summed E-state index contributed by atoms with van der Waals surface area (Å²) >= 11 is 5.38. The van der Waals surface area contributed by atoms with E-state index in [0.29, 0.717) is 5.11 Å². The Morgan fingerprint density at radius 2 is 1.84 bits per heavy atom. The van der Waals surface area contributed by atoms with Crippen LogP contribution in [0.25, 0.3) is 0 Å². The molecule has 0 spiro atoms. The Morgan fingerprint density at radius 3 is 2.52 bits per heavy atom. The van der Waals surface area contributed by atoms with Crippen molar-refractivity contribution in [1.29, 1.82) is 0 Å². The Hall–Kier alpha value is -2.07. The van der Waals surface area contributed by atoms with E-state index in [1.165, 1.54) is 42.7 Å². The largest absolute Gasteiger partial charge is 0.371 e. The third kappa shape index (κ3) is 5.20. The lowest BCUT2D eigenvalue weighted by Crippen LogP contribution is -2.34. The number of rotatable bonds is 4. The van der Waals surface area contributed by atoms with Crippen molar-refractivity contribution in [3.05, 3.63) is 59.7 Å². The zero-order valence-corrected chi connectivity index (χ0v) is 15.9. The lowest BCUT2D eigenvalue weighted by atomic mass is 9.99. The number of piperidine rings is 1. The molecule has 25 heavy (non-hydrogen) atoms. The Kier molecular flexibility index (Phi) is 5.92. The summed E-state index contributed by atoms with van der Waals surface area (Å²) in [6, 6.07) is 17.1. The van der Waals surface area contributed by atoms with Gasteiger partial charge in [0.15, 0.2) is 5.11 Å². The van der Waals surface area contributed by atoms with Crippen LogP contribution in [0.4, 0.5) is 11.4 Å². The van der Waals surface area contributed by atoms with Gasteiger partial charge in [-0.2, -0.15) is 0 Å². The van der Waals surface area contributed by atoms with Gasteiger partial charge in [0, 0.05) is 31.0 Å². The van der Waals surface area contributed by atoms with E-state index in [9.17, 15) is 0 Å². The van der Waals surface area contributed by atoms with E-state index in [2.05, 4.69) is 65.8 Å². The Morgan fingerprint density at radius 1 is 1.12 bits per heavy atom. The van der Waals surface area contributed by atoms with Crippen molar-refractivity contribution in [3.8, 4) is 0 Å². The highest BCUT2D eigenvalue weighted by molar-refractivity contribution is 7.80. The molecule has 2 aromatic rings. The van der Waals surface area contributed by atoms with E-state index < -0.39 is 0 Å². The number of hydrogen-bond acceptors (Lipinski definition) is 2. The molecule has 2 N–H and O–H groups in total. The number of anilines is 2. The molecule has 1 atom stereocenters. The van der Waals surface area contributed by atoms with Gasteiger partial charge < -0.3 is 15.5 Å². The van der Waals surface area contributed by atoms with Gasteiger partial charge in [-0.15, -0.1) is 0 Å². The van der Waals surface area contributed by atoms with Crippen molar-refractivity contribution >= 4 is 28.7 Å². The van der Waals surface area contributed by atoms with E-state index in [-0.39, 0.29) is 0 Å². The average molecular weight is 354 g/mol. The fourth-order valence-electron chi connectivity index (χ4n) is 3.24. The van der Waals surface area contributed by atoms with E-state index in [1.807, 2.05) is 12.1 Å². The molecule has 0 unspecified atom stereocenters. The molecule has 4 heteroatoms. The van der Waals surface area contributed by atoms with Crippen molar-refractivity contribution in [2.75, 3.05) is 23.3 Å². The third-order valence-corrected chi connectivity index (χ3v) is 4.97. The highest BCUT2D eigenvalue weighted by Crippen LogP contribution is 2.23. The predicted molar refractivity (Wildman–Crippen MR) is 111 cm³/mol. The van der Waals surface area contributed by atoms with Gasteiger partial charge in [0.25, 0.3) is 0 Å². The van der Waals surface area contributed by atoms with Crippen molar-refractivity contribution in [1.82, 2.24) is 5.32 Å². The van der Waals surface area contributed by atoms with Crippen molar-refractivity contribution in [2.24, 2.45) is 5.92 Å². The minimum atomic E-state index is 0.651. The van der Waals surface area contributed by atoms with Crippen LogP contribution in [-0.2, 0) is 6.54 Å². The van der Waals surface area contributed by atoms with Crippen molar-refractivity contribution < 1.29 is 0 Å². The molecule has 3 nitrogen and oxygen atoms in total. The first-order chi connectivity index (χ1) is 12.1. The molecule has 0 aromatic heterocycles. The average Bonchev–Trinajstić information content (AvgIpc) is 2.62. The summed E-state index contributed by atoms with van der Waals surface area (Å²) in [6.07, 6.45) is 2.65. The summed E-state index contributed by atoms with van der Waals surface area (Å²) in [7, 11) is 0. The quantitative estimate of drug-likeness (QED) is 0.778. The molecule has 0 amide bonds. The SMILES string of the molecule is Cc1ccc(NC(=S)NCc2ccc(N3CCC[C@H](C)C3)cc2)cc1. The van der Waals surface area contributed by atoms with Crippen LogP contribution in [0.1, 0.15) is 30.9 Å². The van der Waals surface area contributed by atoms with Crippen LogP contribution < -0.4 is 15.5 Å². The number of nitrogens with zero attached hydrogens (tertiary/aromatic N) is 1. The zero-order valence-electron chi connectivity index (χ0n) is 15.1. The first kappa shape index (κ1) is 17.7. The van der Waals surface area contributed by atoms with Gasteiger partial charge in [0.2, 0.25) is 0 Å². The molecule has 1 fully saturated rings. The van der Waals surface area contributed by atoms with E-state index in [4.69, 9.17) is 12.2 Å². The van der Waals surface area contributed by atoms with Gasteiger partial charge in [0.1, 0.15) is 0 Å². The molecule has 1 aliphatic rings. The van der Waals surface area contributed by atoms with Crippen LogP contribution in [-0.4, -0.2) is 18.2 Å². The number of aryl methyl sites for hydroxylation is 1. The van der Waals surface area contributed by atoms with Gasteiger partial charge >= 0.3 is 0 Å². The fraction of sp³-hybridized carbons (Fsp3) is 0.381. The Bertz CT molecular complexity index is 694. The van der Waals surface area contributed by atoms with Gasteiger partial charge in [-0.1, -0.05) is 36.8 Å². The monoisotopic (exact) mass is 353 g/mol. The maximum Gasteiger partial charge on any atom is 0.171 e. The standard InChI is InChI=1S/C21H27N3S/c1-16-5-9-19(10-6-16)23-21(25)22-14-18-7-11-20(12-8-18)24-13-3-4-17(2)15-24/h5-12,17H,3-4,13-15H2,1-2H3,(H2,22,23,25)/t17-/m0/s1. The lowest BCUT2D eigenvalue weighted by molar-refractivity contribution is 0.447. The van der Waals surface area contributed by atoms with Crippen LogP contribution in [0.15, 0.2) is 48.5 Å². The second kappa shape index (κ2) is 8.34. The summed E-state index contributed by atoms with van der Waals surface area (Å²) in [5, 5.41) is 7.14. The molecule has 1 saturated heterocycles. The first-order valence-corrected chi connectivity index (χ1v) is 9.46. The maximum absolute atomic E-state index is 5.38. The fourth-order valence-corrected chi connectivity index (χ4v) is 3.43. The van der Waals surface area contributed by atoms with Gasteiger partial charge in [-0.05, 0) is 67.7 Å². The summed E-state index contributed by atoms with van der Waals surface area (Å²) < 4.78 is 0. The molecular formula is C21H27N3S. The van der Waals surface area contributed by atoms with Crippen molar-refractivity contribution in [2.45, 2.75) is 33.2 Å². The maximum atomic E-state index is 5.38. The molecule has 2 aromatic carbocycles. The molecule has 0 bridgehead atoms. The number of hydrogen-bond donors (Lipinski definition) is 2. The molecule has 3 rings (SSSR count). The molecular weight excluding hydrogens is 326 g/mol. The number of nitrogens with one attached hydrogen (secondary N) is 2. The molecule has 132 valence electrons. The first-order valence-electron chi connectivity index (χ1n) is 9.05. The van der Waals surface area contributed by atoms with E-state index in [0.717, 1.165) is 18.2 Å². The normalized spacial score (nSPS) is 17.2. The highest BCUT2D eigenvalue weighted by Gasteiger charge is 2.16. The summed E-state index contributed by atoms with van der Waals surface area (Å²) in [6.45, 7) is 7.49. The van der Waals surface area contributed by atoms with Crippen LogP contribution in [0.5, 0.6) is 0 Å². The summed E-state index contributed by atoms with van der Waals surface area (Å²) in [5.74, 6) is 0.792. The van der Waals surface area contributed by atoms with E-state index in [1.54, 1.807) is 0 Å². The number of thiocarbonyl (C=S) groups is 1. The molecule has 0 saturated carbocycles. The van der Waals surface area contributed by atoms with Crippen LogP contribution in [0.3, 0.4) is 0 Å². The minimum absolute atomic E-state index is 0.651. The molecule has 1 heterocycles. The van der Waals surface area contributed by atoms with E-state index >= 15 is 0 Å². The molecule has 0 aliphatic carbocycles. The lowest BCUT2D eigenvalue weighted by Gasteiger charge is -2.32. The van der Waals surface area contributed by atoms with Crippen molar-refractivity contribution in [3.63, 3.8) is 0 Å². The van der Waals surface area contributed by atoms with Gasteiger partial charge in [0.05, 0.1) is 0 Å². The third-order valence-electron chi connectivity index (χ3n) is 4.72. The second-order valence-corrected chi connectivity index (χ2v) is 7.44. The van der Waals surface area contributed by atoms with Gasteiger partial charge in [-0.3, -0.25) is 0 Å². The van der Waals surface area contributed by atoms with Gasteiger partial charge in [-0.25, -0.2) is 0 Å². The highest BCUT2D eigenvalue weighted by atomic mass is 32.1. The predicted octanol–water partition coefficient (Wildman–Crippen LogP) is 4.72. The summed E-state index contributed by atoms with van der Waals surface area (Å²) in [4.78, 5) is 2.49. The van der Waals surface area contributed by atoms with Crippen LogP contribution in [0.2, 0.25) is 0 Å². The molecule has 0 radical (unpaired) electrons. The summed E-state index contributed by atoms with van der Waals surface area (Å²) in [5.41, 5.74) is 4.82. The van der Waals surface area contributed by atoms with Crippen LogP contribution in [0, 0.1) is 12.8 Å². The smallest absolute Gasteiger partial charge is 0.171 e. The van der Waals surface area contributed by atoms with Crippen LogP contribution >= 0.6 is 12.2 Å².